The number of halogens is 3. The summed E-state index contributed by atoms with van der Waals surface area (Å²) in [5, 5.41) is 1.92. The molecule has 0 heterocycles. The van der Waals surface area contributed by atoms with E-state index < -0.39 is 12.1 Å². The third-order valence-corrected chi connectivity index (χ3v) is 3.69. The van der Waals surface area contributed by atoms with Gasteiger partial charge in [-0.2, -0.15) is 13.2 Å². The summed E-state index contributed by atoms with van der Waals surface area (Å²) in [5.41, 5.74) is 2.27. The predicted octanol–water partition coefficient (Wildman–Crippen LogP) is 3.76. The smallest absolute Gasteiger partial charge is 0.348 e. The Bertz CT molecular complexity index is 603. The van der Waals surface area contributed by atoms with E-state index in [2.05, 4.69) is 4.90 Å². The molecule has 2 aromatic rings. The quantitative estimate of drug-likeness (QED) is 0.736. The van der Waals surface area contributed by atoms with Crippen LogP contribution in [-0.2, 0) is 17.9 Å². The SMILES string of the molecule is O=C(NCCCN(Cc1ccccc1)Cc1ccccc1)C(F)(F)F. The minimum atomic E-state index is -4.83. The predicted molar refractivity (Wildman–Crippen MR) is 90.7 cm³/mol. The number of hydrogen-bond donors (Lipinski definition) is 1. The fraction of sp³-hybridized carbons (Fsp3) is 0.316. The van der Waals surface area contributed by atoms with E-state index in [0.29, 0.717) is 26.1 Å². The van der Waals surface area contributed by atoms with Crippen LogP contribution in [-0.4, -0.2) is 30.1 Å². The summed E-state index contributed by atoms with van der Waals surface area (Å²) >= 11 is 0. The molecule has 0 saturated carbocycles. The van der Waals surface area contributed by atoms with Gasteiger partial charge in [-0.25, -0.2) is 0 Å². The maximum absolute atomic E-state index is 12.2. The van der Waals surface area contributed by atoms with Gasteiger partial charge in [0, 0.05) is 26.2 Å². The van der Waals surface area contributed by atoms with Gasteiger partial charge < -0.3 is 5.32 Å². The number of carbonyl (C=O) groups excluding carboxylic acids is 1. The monoisotopic (exact) mass is 350 g/mol. The molecule has 0 aliphatic carbocycles. The molecular formula is C19H21F3N2O. The van der Waals surface area contributed by atoms with Crippen LogP contribution in [0.15, 0.2) is 60.7 Å². The van der Waals surface area contributed by atoms with Crippen LogP contribution in [0.25, 0.3) is 0 Å². The topological polar surface area (TPSA) is 32.3 Å². The second-order valence-electron chi connectivity index (χ2n) is 5.79. The van der Waals surface area contributed by atoms with Crippen molar-refractivity contribution in [2.24, 2.45) is 0 Å². The lowest BCUT2D eigenvalue weighted by Crippen LogP contribution is -2.38. The van der Waals surface area contributed by atoms with Crippen molar-refractivity contribution in [2.45, 2.75) is 25.7 Å². The zero-order valence-corrected chi connectivity index (χ0v) is 13.8. The second kappa shape index (κ2) is 9.22. The first-order chi connectivity index (χ1) is 11.9. The van der Waals surface area contributed by atoms with E-state index in [1.807, 2.05) is 66.0 Å². The van der Waals surface area contributed by atoms with Crippen molar-refractivity contribution in [1.29, 1.82) is 0 Å². The maximum atomic E-state index is 12.2. The van der Waals surface area contributed by atoms with Gasteiger partial charge in [0.25, 0.3) is 0 Å². The highest BCUT2D eigenvalue weighted by Gasteiger charge is 2.38. The Morgan fingerprint density at radius 2 is 1.36 bits per heavy atom. The number of carbonyl (C=O) groups is 1. The molecule has 0 bridgehead atoms. The van der Waals surface area contributed by atoms with Crippen LogP contribution in [0.3, 0.4) is 0 Å². The minimum Gasteiger partial charge on any atom is -0.348 e. The fourth-order valence-corrected chi connectivity index (χ4v) is 2.50. The van der Waals surface area contributed by atoms with Gasteiger partial charge in [0.1, 0.15) is 0 Å². The van der Waals surface area contributed by atoms with Crippen molar-refractivity contribution < 1.29 is 18.0 Å². The second-order valence-corrected chi connectivity index (χ2v) is 5.79. The molecule has 6 heteroatoms. The zero-order valence-electron chi connectivity index (χ0n) is 13.8. The van der Waals surface area contributed by atoms with Gasteiger partial charge in [-0.05, 0) is 17.5 Å². The van der Waals surface area contributed by atoms with Crippen LogP contribution in [0.5, 0.6) is 0 Å². The van der Waals surface area contributed by atoms with Gasteiger partial charge in [-0.15, -0.1) is 0 Å². The van der Waals surface area contributed by atoms with Crippen molar-refractivity contribution in [3.05, 3.63) is 71.8 Å². The Morgan fingerprint density at radius 1 is 0.880 bits per heavy atom. The summed E-state index contributed by atoms with van der Waals surface area (Å²) in [6, 6.07) is 19.8. The first-order valence-corrected chi connectivity index (χ1v) is 8.10. The van der Waals surface area contributed by atoms with E-state index >= 15 is 0 Å². The lowest BCUT2D eigenvalue weighted by atomic mass is 10.1. The Morgan fingerprint density at radius 3 is 1.80 bits per heavy atom. The van der Waals surface area contributed by atoms with Crippen molar-refractivity contribution in [3.63, 3.8) is 0 Å². The third kappa shape index (κ3) is 6.97. The van der Waals surface area contributed by atoms with Gasteiger partial charge in [0.2, 0.25) is 0 Å². The highest BCUT2D eigenvalue weighted by atomic mass is 19.4. The van der Waals surface area contributed by atoms with Gasteiger partial charge >= 0.3 is 12.1 Å². The lowest BCUT2D eigenvalue weighted by Gasteiger charge is -2.23. The number of nitrogens with zero attached hydrogens (tertiary/aromatic N) is 1. The molecule has 0 fully saturated rings. The molecule has 3 nitrogen and oxygen atoms in total. The summed E-state index contributed by atoms with van der Waals surface area (Å²) in [6.45, 7) is 1.98. The highest BCUT2D eigenvalue weighted by molar-refractivity contribution is 5.81. The summed E-state index contributed by atoms with van der Waals surface area (Å²) < 4.78 is 36.6. The maximum Gasteiger partial charge on any atom is 0.471 e. The van der Waals surface area contributed by atoms with E-state index in [1.54, 1.807) is 0 Å². The van der Waals surface area contributed by atoms with Gasteiger partial charge in [0.05, 0.1) is 0 Å². The standard InChI is InChI=1S/C19H21F3N2O/c20-19(21,22)18(25)23-12-7-13-24(14-16-8-3-1-4-9-16)15-17-10-5-2-6-11-17/h1-6,8-11H,7,12-15H2,(H,23,25). The molecule has 2 rings (SSSR count). The first-order valence-electron chi connectivity index (χ1n) is 8.10. The van der Waals surface area contributed by atoms with Crippen molar-refractivity contribution in [2.75, 3.05) is 13.1 Å². The number of amides is 1. The zero-order chi connectivity index (χ0) is 18.1. The van der Waals surface area contributed by atoms with E-state index in [1.165, 1.54) is 0 Å². The van der Waals surface area contributed by atoms with Gasteiger partial charge in [-0.1, -0.05) is 60.7 Å². The van der Waals surface area contributed by atoms with Crippen LogP contribution in [0, 0.1) is 0 Å². The molecule has 1 amide bonds. The fourth-order valence-electron chi connectivity index (χ4n) is 2.50. The van der Waals surface area contributed by atoms with Crippen LogP contribution in [0.1, 0.15) is 17.5 Å². The molecule has 134 valence electrons. The molecule has 0 atom stereocenters. The molecule has 1 N–H and O–H groups in total. The molecular weight excluding hydrogens is 329 g/mol. The van der Waals surface area contributed by atoms with E-state index in [4.69, 9.17) is 0 Å². The van der Waals surface area contributed by atoms with Gasteiger partial charge in [-0.3, -0.25) is 9.69 Å². The molecule has 0 unspecified atom stereocenters. The lowest BCUT2D eigenvalue weighted by molar-refractivity contribution is -0.173. The van der Waals surface area contributed by atoms with Crippen LogP contribution < -0.4 is 5.32 Å². The Balaban J connectivity index is 1.89. The first kappa shape index (κ1) is 19.0. The van der Waals surface area contributed by atoms with Crippen LogP contribution >= 0.6 is 0 Å². The van der Waals surface area contributed by atoms with E-state index in [9.17, 15) is 18.0 Å². The summed E-state index contributed by atoms with van der Waals surface area (Å²) in [5.74, 6) is -1.88. The van der Waals surface area contributed by atoms with Crippen LogP contribution in [0.4, 0.5) is 13.2 Å². The molecule has 0 aromatic heterocycles. The summed E-state index contributed by atoms with van der Waals surface area (Å²) in [7, 11) is 0. The van der Waals surface area contributed by atoms with Crippen molar-refractivity contribution in [1.82, 2.24) is 10.2 Å². The molecule has 0 spiro atoms. The number of nitrogens with one attached hydrogen (secondary N) is 1. The average molecular weight is 350 g/mol. The molecule has 0 aliphatic rings. The summed E-state index contributed by atoms with van der Waals surface area (Å²) in [6.07, 6.45) is -4.38. The molecule has 0 radical (unpaired) electrons. The Kier molecular flexibility index (Phi) is 7.01. The van der Waals surface area contributed by atoms with Crippen molar-refractivity contribution in [3.8, 4) is 0 Å². The minimum absolute atomic E-state index is 0.00156. The average Bonchev–Trinajstić information content (AvgIpc) is 2.59. The van der Waals surface area contributed by atoms with Gasteiger partial charge in [0.15, 0.2) is 0 Å². The molecule has 2 aromatic carbocycles. The molecule has 0 aliphatic heterocycles. The molecule has 25 heavy (non-hydrogen) atoms. The van der Waals surface area contributed by atoms with Crippen LogP contribution in [0.2, 0.25) is 0 Å². The molecule has 0 saturated heterocycles. The Labute approximate surface area is 145 Å². The highest BCUT2D eigenvalue weighted by Crippen LogP contribution is 2.14. The largest absolute Gasteiger partial charge is 0.471 e. The number of hydrogen-bond acceptors (Lipinski definition) is 2. The van der Waals surface area contributed by atoms with Crippen molar-refractivity contribution >= 4 is 5.91 Å². The normalized spacial score (nSPS) is 11.5. The number of rotatable bonds is 8. The summed E-state index contributed by atoms with van der Waals surface area (Å²) in [4.78, 5) is 13.0. The van der Waals surface area contributed by atoms with E-state index in [0.717, 1.165) is 11.1 Å². The number of alkyl halides is 3. The number of benzene rings is 2. The Hall–Kier alpha value is -2.34. The third-order valence-electron chi connectivity index (χ3n) is 3.69. The van der Waals surface area contributed by atoms with E-state index in [-0.39, 0.29) is 6.54 Å².